The smallest absolute Gasteiger partial charge is 0.0977 e. The maximum atomic E-state index is 8.91. The lowest BCUT2D eigenvalue weighted by molar-refractivity contribution is 0.0446. The molecule has 1 aliphatic rings. The second-order valence-corrected chi connectivity index (χ2v) is 4.49. The molecule has 1 aliphatic carbocycles. The van der Waals surface area contributed by atoms with Gasteiger partial charge in [0.15, 0.2) is 0 Å². The Morgan fingerprint density at radius 1 is 1.24 bits per heavy atom. The van der Waals surface area contributed by atoms with Crippen LogP contribution in [0.25, 0.3) is 0 Å². The Morgan fingerprint density at radius 3 is 2.53 bits per heavy atom. The van der Waals surface area contributed by atoms with Crippen LogP contribution < -0.4 is 5.32 Å². The van der Waals surface area contributed by atoms with Crippen LogP contribution in [0.5, 0.6) is 0 Å². The van der Waals surface area contributed by atoms with Crippen molar-refractivity contribution in [2.75, 3.05) is 26.4 Å². The highest BCUT2D eigenvalue weighted by molar-refractivity contribution is 4.95. The molecule has 0 bridgehead atoms. The van der Waals surface area contributed by atoms with E-state index in [2.05, 4.69) is 18.3 Å². The number of hydrogen-bond donors (Lipinski definition) is 1. The predicted octanol–water partition coefficient (Wildman–Crippen LogP) is 1.85. The fourth-order valence-electron chi connectivity index (χ4n) is 1.49. The highest BCUT2D eigenvalue weighted by Gasteiger charge is 2.24. The van der Waals surface area contributed by atoms with Crippen molar-refractivity contribution in [1.29, 1.82) is 5.26 Å². The van der Waals surface area contributed by atoms with Crippen molar-refractivity contribution < 1.29 is 9.47 Å². The van der Waals surface area contributed by atoms with Crippen molar-refractivity contribution >= 4 is 0 Å². The number of nitriles is 1. The Hall–Kier alpha value is -0.630. The molecule has 1 N–H and O–H groups in total. The lowest BCUT2D eigenvalue weighted by Crippen LogP contribution is -2.30. The minimum absolute atomic E-state index is 0.0523. The van der Waals surface area contributed by atoms with E-state index < -0.39 is 0 Å². The first kappa shape index (κ1) is 14.4. The van der Waals surface area contributed by atoms with Gasteiger partial charge in [0.05, 0.1) is 25.3 Å². The molecule has 0 radical (unpaired) electrons. The number of rotatable bonds is 11. The van der Waals surface area contributed by atoms with Crippen molar-refractivity contribution in [3.8, 4) is 6.07 Å². The molecule has 0 heterocycles. The number of ether oxygens (including phenoxy) is 2. The average molecular weight is 240 g/mol. The van der Waals surface area contributed by atoms with Crippen molar-refractivity contribution in [2.24, 2.45) is 0 Å². The van der Waals surface area contributed by atoms with Gasteiger partial charge in [-0.25, -0.2) is 0 Å². The van der Waals surface area contributed by atoms with E-state index in [1.807, 2.05) is 0 Å². The van der Waals surface area contributed by atoms with Gasteiger partial charge in [-0.05, 0) is 25.7 Å². The van der Waals surface area contributed by atoms with Crippen LogP contribution in [0.15, 0.2) is 0 Å². The normalized spacial score (nSPS) is 16.7. The summed E-state index contributed by atoms with van der Waals surface area (Å²) in [5.41, 5.74) is 0. The van der Waals surface area contributed by atoms with Gasteiger partial charge >= 0.3 is 0 Å². The predicted molar refractivity (Wildman–Crippen MR) is 66.7 cm³/mol. The standard InChI is InChI=1S/C13H24N2O2/c1-2-3-7-16-9-10-17-8-6-13(11-14)15-12-4-5-12/h12-13,15H,2-10H2,1H3. The molecule has 0 saturated heterocycles. The number of nitrogens with one attached hydrogen (secondary N) is 1. The van der Waals surface area contributed by atoms with Gasteiger partial charge in [-0.1, -0.05) is 13.3 Å². The third kappa shape index (κ3) is 8.14. The van der Waals surface area contributed by atoms with Gasteiger partial charge < -0.3 is 9.47 Å². The van der Waals surface area contributed by atoms with Crippen LogP contribution >= 0.6 is 0 Å². The largest absolute Gasteiger partial charge is 0.379 e. The molecule has 0 aromatic rings. The Balaban J connectivity index is 1.83. The molecule has 1 rings (SSSR count). The lowest BCUT2D eigenvalue weighted by Gasteiger charge is -2.10. The van der Waals surface area contributed by atoms with Gasteiger partial charge in [-0.15, -0.1) is 0 Å². The molecule has 1 atom stereocenters. The van der Waals surface area contributed by atoms with Crippen molar-refractivity contribution in [1.82, 2.24) is 5.32 Å². The number of hydrogen-bond acceptors (Lipinski definition) is 4. The van der Waals surface area contributed by atoms with E-state index in [4.69, 9.17) is 14.7 Å². The lowest BCUT2D eigenvalue weighted by atomic mass is 10.2. The van der Waals surface area contributed by atoms with E-state index in [0.717, 1.165) is 25.9 Å². The van der Waals surface area contributed by atoms with E-state index in [-0.39, 0.29) is 6.04 Å². The van der Waals surface area contributed by atoms with Crippen LogP contribution in [0.3, 0.4) is 0 Å². The molecule has 1 saturated carbocycles. The molecule has 0 amide bonds. The van der Waals surface area contributed by atoms with Gasteiger partial charge in [0.2, 0.25) is 0 Å². The molecule has 4 nitrogen and oxygen atoms in total. The molecule has 0 spiro atoms. The topological polar surface area (TPSA) is 54.3 Å². The minimum Gasteiger partial charge on any atom is -0.379 e. The fraction of sp³-hybridized carbons (Fsp3) is 0.923. The first-order valence-electron chi connectivity index (χ1n) is 6.68. The Kier molecular flexibility index (Phi) is 7.98. The van der Waals surface area contributed by atoms with Crippen LogP contribution in [0.2, 0.25) is 0 Å². The van der Waals surface area contributed by atoms with Gasteiger partial charge in [0.1, 0.15) is 0 Å². The van der Waals surface area contributed by atoms with Crippen molar-refractivity contribution in [3.05, 3.63) is 0 Å². The van der Waals surface area contributed by atoms with Crippen LogP contribution in [0.4, 0.5) is 0 Å². The van der Waals surface area contributed by atoms with Crippen LogP contribution in [-0.4, -0.2) is 38.5 Å². The summed E-state index contributed by atoms with van der Waals surface area (Å²) in [6, 6.07) is 2.80. The minimum atomic E-state index is -0.0523. The fourth-order valence-corrected chi connectivity index (χ4v) is 1.49. The zero-order valence-corrected chi connectivity index (χ0v) is 10.8. The second-order valence-electron chi connectivity index (χ2n) is 4.49. The molecule has 1 fully saturated rings. The molecule has 0 aliphatic heterocycles. The highest BCUT2D eigenvalue weighted by Crippen LogP contribution is 2.19. The summed E-state index contributed by atoms with van der Waals surface area (Å²) >= 11 is 0. The summed E-state index contributed by atoms with van der Waals surface area (Å²) in [5, 5.41) is 12.2. The third-order valence-corrected chi connectivity index (χ3v) is 2.74. The average Bonchev–Trinajstić information content (AvgIpc) is 3.15. The molecule has 0 aromatic carbocycles. The molecular weight excluding hydrogens is 216 g/mol. The van der Waals surface area contributed by atoms with Gasteiger partial charge in [0, 0.05) is 19.3 Å². The highest BCUT2D eigenvalue weighted by atomic mass is 16.5. The van der Waals surface area contributed by atoms with Crippen LogP contribution in [0.1, 0.15) is 39.0 Å². The summed E-state index contributed by atoms with van der Waals surface area (Å²) in [4.78, 5) is 0. The second kappa shape index (κ2) is 9.41. The molecule has 17 heavy (non-hydrogen) atoms. The monoisotopic (exact) mass is 240 g/mol. The Morgan fingerprint density at radius 2 is 1.94 bits per heavy atom. The van der Waals surface area contributed by atoms with E-state index in [0.29, 0.717) is 25.9 Å². The van der Waals surface area contributed by atoms with E-state index in [1.165, 1.54) is 12.8 Å². The van der Waals surface area contributed by atoms with Crippen LogP contribution in [-0.2, 0) is 9.47 Å². The zero-order valence-electron chi connectivity index (χ0n) is 10.8. The summed E-state index contributed by atoms with van der Waals surface area (Å²) < 4.78 is 10.8. The molecule has 98 valence electrons. The summed E-state index contributed by atoms with van der Waals surface area (Å²) in [6.45, 7) is 4.90. The summed E-state index contributed by atoms with van der Waals surface area (Å²) in [5.74, 6) is 0. The number of nitrogens with zero attached hydrogens (tertiary/aromatic N) is 1. The van der Waals surface area contributed by atoms with Gasteiger partial charge in [0.25, 0.3) is 0 Å². The molecule has 0 aromatic heterocycles. The quantitative estimate of drug-likeness (QED) is 0.560. The molecule has 4 heteroatoms. The van der Waals surface area contributed by atoms with Crippen LogP contribution in [0, 0.1) is 11.3 Å². The molecule has 1 unspecified atom stereocenters. The van der Waals surface area contributed by atoms with Gasteiger partial charge in [-0.2, -0.15) is 5.26 Å². The van der Waals surface area contributed by atoms with Crippen molar-refractivity contribution in [3.63, 3.8) is 0 Å². The Bertz CT molecular complexity index is 224. The molecular formula is C13H24N2O2. The SMILES string of the molecule is CCCCOCCOCCC(C#N)NC1CC1. The maximum absolute atomic E-state index is 8.91. The first-order valence-corrected chi connectivity index (χ1v) is 6.68. The number of unbranched alkanes of at least 4 members (excludes halogenated alkanes) is 1. The summed E-state index contributed by atoms with van der Waals surface area (Å²) in [7, 11) is 0. The van der Waals surface area contributed by atoms with E-state index >= 15 is 0 Å². The first-order chi connectivity index (χ1) is 8.36. The van der Waals surface area contributed by atoms with E-state index in [9.17, 15) is 0 Å². The third-order valence-electron chi connectivity index (χ3n) is 2.74. The maximum Gasteiger partial charge on any atom is 0.0977 e. The summed E-state index contributed by atoms with van der Waals surface area (Å²) in [6.07, 6.45) is 5.47. The van der Waals surface area contributed by atoms with E-state index in [1.54, 1.807) is 0 Å². The zero-order chi connectivity index (χ0) is 12.3. The van der Waals surface area contributed by atoms with Crippen molar-refractivity contribution in [2.45, 2.75) is 51.1 Å². The van der Waals surface area contributed by atoms with Gasteiger partial charge in [-0.3, -0.25) is 5.32 Å². The Labute approximate surface area is 104 Å².